The van der Waals surface area contributed by atoms with E-state index in [1.54, 1.807) is 19.1 Å². The molecule has 9 heteroatoms. The predicted molar refractivity (Wildman–Crippen MR) is 79.3 cm³/mol. The molecule has 2 rings (SSSR count). The zero-order chi connectivity index (χ0) is 18.6. The molecular weight excluding hydrogens is 334 g/mol. The van der Waals surface area contributed by atoms with Crippen molar-refractivity contribution in [3.63, 3.8) is 0 Å². The lowest BCUT2D eigenvalue weighted by Gasteiger charge is -2.20. The lowest BCUT2D eigenvalue weighted by molar-refractivity contribution is -0.317. The summed E-state index contributed by atoms with van der Waals surface area (Å²) in [6.07, 6.45) is -0.922. The Balaban J connectivity index is 2.04. The number of aliphatic carboxylic acids is 2. The fraction of sp³-hybridized carbons (Fsp3) is 0.250. The molecule has 132 valence electrons. The van der Waals surface area contributed by atoms with Gasteiger partial charge in [0.05, 0.1) is 12.0 Å². The number of fused-ring (bicyclic) bond motifs is 1. The Kier molecular flexibility index (Phi) is 5.38. The SMILES string of the molecule is Cc1cc(=O)oc2cc(OCC(=O)N[C@H](CC(=O)[O-])C(=O)[O-])ccc12. The second-order valence-electron chi connectivity index (χ2n) is 5.21. The molecule has 1 amide bonds. The lowest BCUT2D eigenvalue weighted by atomic mass is 10.1. The molecule has 25 heavy (non-hydrogen) atoms. The second-order valence-corrected chi connectivity index (χ2v) is 5.21. The molecular formula is C16H13NO8-2. The molecule has 0 bridgehead atoms. The topological polar surface area (TPSA) is 149 Å². The second kappa shape index (κ2) is 7.47. The van der Waals surface area contributed by atoms with E-state index in [1.165, 1.54) is 12.1 Å². The summed E-state index contributed by atoms with van der Waals surface area (Å²) in [7, 11) is 0. The van der Waals surface area contributed by atoms with Crippen LogP contribution in [0.3, 0.4) is 0 Å². The Bertz CT molecular complexity index is 885. The van der Waals surface area contributed by atoms with E-state index in [1.807, 2.05) is 5.32 Å². The maximum Gasteiger partial charge on any atom is 0.336 e. The summed E-state index contributed by atoms with van der Waals surface area (Å²) in [6, 6.07) is 4.21. The normalized spacial score (nSPS) is 11.7. The number of ether oxygens (including phenoxy) is 1. The molecule has 0 aliphatic heterocycles. The lowest BCUT2D eigenvalue weighted by Crippen LogP contribution is -2.51. The molecule has 9 nitrogen and oxygen atoms in total. The highest BCUT2D eigenvalue weighted by Gasteiger charge is 2.14. The highest BCUT2D eigenvalue weighted by molar-refractivity contribution is 5.86. The number of carbonyl (C=O) groups is 3. The molecule has 0 spiro atoms. The molecule has 2 aromatic rings. The van der Waals surface area contributed by atoms with Crippen LogP contribution in [-0.4, -0.2) is 30.5 Å². The van der Waals surface area contributed by atoms with Gasteiger partial charge in [0.2, 0.25) is 0 Å². The zero-order valence-corrected chi connectivity index (χ0v) is 13.1. The molecule has 0 saturated carbocycles. The number of hydrogen-bond donors (Lipinski definition) is 1. The number of benzene rings is 1. The van der Waals surface area contributed by atoms with Crippen molar-refractivity contribution < 1.29 is 33.8 Å². The monoisotopic (exact) mass is 347 g/mol. The smallest absolute Gasteiger partial charge is 0.336 e. The van der Waals surface area contributed by atoms with Gasteiger partial charge < -0.3 is 34.3 Å². The van der Waals surface area contributed by atoms with Crippen LogP contribution in [-0.2, 0) is 14.4 Å². The van der Waals surface area contributed by atoms with Gasteiger partial charge in [0.25, 0.3) is 5.91 Å². The van der Waals surface area contributed by atoms with E-state index in [0.717, 1.165) is 5.56 Å². The van der Waals surface area contributed by atoms with Crippen LogP contribution in [0.5, 0.6) is 5.75 Å². The first kappa shape index (κ1) is 18.0. The van der Waals surface area contributed by atoms with E-state index >= 15 is 0 Å². The summed E-state index contributed by atoms with van der Waals surface area (Å²) >= 11 is 0. The van der Waals surface area contributed by atoms with Crippen LogP contribution in [0, 0.1) is 6.92 Å². The van der Waals surface area contributed by atoms with E-state index in [0.29, 0.717) is 5.39 Å². The number of aryl methyl sites for hydroxylation is 1. The molecule has 0 aliphatic rings. The van der Waals surface area contributed by atoms with Gasteiger partial charge in [0.15, 0.2) is 6.61 Å². The largest absolute Gasteiger partial charge is 0.550 e. The van der Waals surface area contributed by atoms with Crippen molar-refractivity contribution in [2.75, 3.05) is 6.61 Å². The zero-order valence-electron chi connectivity index (χ0n) is 13.1. The van der Waals surface area contributed by atoms with Crippen LogP contribution >= 0.6 is 0 Å². The van der Waals surface area contributed by atoms with Crippen molar-refractivity contribution in [1.82, 2.24) is 5.32 Å². The van der Waals surface area contributed by atoms with Gasteiger partial charge in [-0.3, -0.25) is 4.79 Å². The van der Waals surface area contributed by atoms with Crippen LogP contribution in [0.2, 0.25) is 0 Å². The Hall–Kier alpha value is -3.36. The van der Waals surface area contributed by atoms with Crippen LogP contribution < -0.4 is 25.9 Å². The number of carboxylic acids is 2. The third-order valence-corrected chi connectivity index (χ3v) is 3.28. The van der Waals surface area contributed by atoms with Gasteiger partial charge in [-0.2, -0.15) is 0 Å². The van der Waals surface area contributed by atoms with Crippen molar-refractivity contribution >= 4 is 28.8 Å². The Labute approximate surface area is 140 Å². The highest BCUT2D eigenvalue weighted by atomic mass is 16.5. The van der Waals surface area contributed by atoms with Gasteiger partial charge >= 0.3 is 5.63 Å². The third-order valence-electron chi connectivity index (χ3n) is 3.28. The van der Waals surface area contributed by atoms with Crippen molar-refractivity contribution in [3.05, 3.63) is 40.2 Å². The molecule has 1 aromatic heterocycles. The van der Waals surface area contributed by atoms with E-state index in [9.17, 15) is 29.4 Å². The molecule has 1 heterocycles. The summed E-state index contributed by atoms with van der Waals surface area (Å²) < 4.78 is 10.2. The predicted octanol–water partition coefficient (Wildman–Crippen LogP) is -2.15. The minimum absolute atomic E-state index is 0.210. The van der Waals surface area contributed by atoms with Crippen LogP contribution in [0.4, 0.5) is 0 Å². The fourth-order valence-electron chi connectivity index (χ4n) is 2.14. The van der Waals surface area contributed by atoms with Crippen LogP contribution in [0.15, 0.2) is 33.5 Å². The van der Waals surface area contributed by atoms with Gasteiger partial charge in [0, 0.05) is 29.9 Å². The number of hydrogen-bond acceptors (Lipinski definition) is 8. The van der Waals surface area contributed by atoms with Crippen molar-refractivity contribution in [1.29, 1.82) is 0 Å². The first-order valence-corrected chi connectivity index (χ1v) is 7.13. The van der Waals surface area contributed by atoms with E-state index in [-0.39, 0.29) is 11.3 Å². The maximum absolute atomic E-state index is 11.7. The quantitative estimate of drug-likeness (QED) is 0.557. The van der Waals surface area contributed by atoms with Crippen molar-refractivity contribution in [3.8, 4) is 5.75 Å². The molecule has 1 N–H and O–H groups in total. The minimum atomic E-state index is -1.75. The number of carbonyl (C=O) groups excluding carboxylic acids is 3. The summed E-state index contributed by atoms with van der Waals surface area (Å²) in [5, 5.41) is 23.8. The van der Waals surface area contributed by atoms with Crippen LogP contribution in [0.1, 0.15) is 12.0 Å². The first-order chi connectivity index (χ1) is 11.8. The summed E-state index contributed by atoms with van der Waals surface area (Å²) in [4.78, 5) is 44.2. The summed E-state index contributed by atoms with van der Waals surface area (Å²) in [5.74, 6) is -4.04. The maximum atomic E-state index is 11.7. The number of nitrogens with one attached hydrogen (secondary N) is 1. The number of rotatable bonds is 7. The summed E-state index contributed by atoms with van der Waals surface area (Å²) in [5.41, 5.74) is 0.459. The van der Waals surface area contributed by atoms with Gasteiger partial charge in [-0.25, -0.2) is 4.79 Å². The number of amides is 1. The first-order valence-electron chi connectivity index (χ1n) is 7.13. The average molecular weight is 347 g/mol. The van der Waals surface area contributed by atoms with Crippen molar-refractivity contribution in [2.24, 2.45) is 0 Å². The Morgan fingerprint density at radius 3 is 2.60 bits per heavy atom. The summed E-state index contributed by atoms with van der Waals surface area (Å²) in [6.45, 7) is 1.17. The third kappa shape index (κ3) is 4.80. The minimum Gasteiger partial charge on any atom is -0.550 e. The molecule has 1 atom stereocenters. The highest BCUT2D eigenvalue weighted by Crippen LogP contribution is 2.22. The van der Waals surface area contributed by atoms with E-state index in [4.69, 9.17) is 9.15 Å². The molecule has 0 aliphatic carbocycles. The Morgan fingerprint density at radius 2 is 1.96 bits per heavy atom. The molecule has 1 aromatic carbocycles. The van der Waals surface area contributed by atoms with Gasteiger partial charge in [-0.05, 0) is 24.6 Å². The fourth-order valence-corrected chi connectivity index (χ4v) is 2.14. The molecule has 0 unspecified atom stereocenters. The Morgan fingerprint density at radius 1 is 1.24 bits per heavy atom. The standard InChI is InChI=1S/C16H15NO8/c1-8-4-15(21)25-12-5-9(2-3-10(8)12)24-7-13(18)17-11(16(22)23)6-14(19)20/h2-5,11H,6-7H2,1H3,(H,17,18)(H,19,20)(H,22,23)/p-2/t11-/m1/s1. The van der Waals surface area contributed by atoms with Gasteiger partial charge in [-0.1, -0.05) is 0 Å². The number of carboxylic acid groups (broad SMARTS) is 2. The van der Waals surface area contributed by atoms with E-state index < -0.39 is 42.5 Å². The molecule has 0 radical (unpaired) electrons. The van der Waals surface area contributed by atoms with Crippen LogP contribution in [0.25, 0.3) is 11.0 Å². The average Bonchev–Trinajstić information content (AvgIpc) is 2.51. The molecule has 0 fully saturated rings. The van der Waals surface area contributed by atoms with Gasteiger partial charge in [0.1, 0.15) is 11.3 Å². The van der Waals surface area contributed by atoms with Gasteiger partial charge in [-0.15, -0.1) is 0 Å². The molecule has 0 saturated heterocycles. The van der Waals surface area contributed by atoms with E-state index in [2.05, 4.69) is 0 Å². The van der Waals surface area contributed by atoms with Crippen molar-refractivity contribution in [2.45, 2.75) is 19.4 Å².